The van der Waals surface area contributed by atoms with Gasteiger partial charge in [0.15, 0.2) is 0 Å². The van der Waals surface area contributed by atoms with Gasteiger partial charge in [-0.3, -0.25) is 0 Å². The van der Waals surface area contributed by atoms with E-state index in [9.17, 15) is 9.90 Å². The first-order chi connectivity index (χ1) is 8.03. The van der Waals surface area contributed by atoms with Crippen molar-refractivity contribution in [1.82, 2.24) is 0 Å². The highest BCUT2D eigenvalue weighted by molar-refractivity contribution is 5.77. The number of hydrogen-bond acceptors (Lipinski definition) is 3. The smallest absolute Gasteiger partial charge is 0.347 e. The summed E-state index contributed by atoms with van der Waals surface area (Å²) < 4.78 is 5.50. The van der Waals surface area contributed by atoms with Crippen molar-refractivity contribution in [2.75, 3.05) is 0 Å². The Labute approximate surface area is 100 Å². The molecule has 1 atom stereocenters. The predicted octanol–water partition coefficient (Wildman–Crippen LogP) is 2.58. The summed E-state index contributed by atoms with van der Waals surface area (Å²) in [4.78, 5) is 11.2. The molecule has 1 unspecified atom stereocenters. The van der Waals surface area contributed by atoms with Crippen molar-refractivity contribution in [2.24, 2.45) is 0 Å². The topological polar surface area (TPSA) is 70.3 Å². The third kappa shape index (κ3) is 2.97. The molecule has 0 aromatic heterocycles. The fourth-order valence-electron chi connectivity index (χ4n) is 1.57. The van der Waals surface area contributed by atoms with Crippen LogP contribution >= 0.6 is 0 Å². The summed E-state index contributed by atoms with van der Waals surface area (Å²) in [5.74, 6) is -0.708. The first-order valence-corrected chi connectivity index (χ1v) is 5.45. The van der Waals surface area contributed by atoms with Crippen LogP contribution in [0.5, 0.6) is 5.75 Å². The van der Waals surface area contributed by atoms with Crippen LogP contribution in [0.25, 0.3) is 0 Å². The number of rotatable bonds is 5. The SMILES string of the molecule is CCCC(C)(Oc1ccccc1C#N)C(=O)O. The minimum Gasteiger partial charge on any atom is -0.478 e. The fraction of sp³-hybridized carbons (Fsp3) is 0.385. The lowest BCUT2D eigenvalue weighted by Crippen LogP contribution is -2.41. The summed E-state index contributed by atoms with van der Waals surface area (Å²) in [6.45, 7) is 3.41. The number of nitrogens with zero attached hydrogens (tertiary/aromatic N) is 1. The summed E-state index contributed by atoms with van der Waals surface area (Å²) in [5, 5.41) is 18.1. The first-order valence-electron chi connectivity index (χ1n) is 5.45. The summed E-state index contributed by atoms with van der Waals surface area (Å²) in [7, 11) is 0. The Balaban J connectivity index is 3.02. The molecule has 17 heavy (non-hydrogen) atoms. The first kappa shape index (κ1) is 13.0. The zero-order valence-corrected chi connectivity index (χ0v) is 9.93. The van der Waals surface area contributed by atoms with E-state index in [1.807, 2.05) is 13.0 Å². The van der Waals surface area contributed by atoms with Crippen molar-refractivity contribution in [1.29, 1.82) is 5.26 Å². The van der Waals surface area contributed by atoms with E-state index in [2.05, 4.69) is 0 Å². The Morgan fingerprint density at radius 3 is 2.71 bits per heavy atom. The van der Waals surface area contributed by atoms with Gasteiger partial charge in [0.05, 0.1) is 5.56 Å². The average Bonchev–Trinajstić information content (AvgIpc) is 2.30. The molecule has 1 rings (SSSR count). The van der Waals surface area contributed by atoms with Crippen LogP contribution in [0.15, 0.2) is 24.3 Å². The van der Waals surface area contributed by atoms with E-state index >= 15 is 0 Å². The Hall–Kier alpha value is -2.02. The molecule has 0 fully saturated rings. The number of benzene rings is 1. The quantitative estimate of drug-likeness (QED) is 0.848. The van der Waals surface area contributed by atoms with E-state index < -0.39 is 11.6 Å². The molecule has 0 radical (unpaired) electrons. The molecule has 0 heterocycles. The van der Waals surface area contributed by atoms with E-state index in [-0.39, 0.29) is 0 Å². The van der Waals surface area contributed by atoms with E-state index in [1.54, 1.807) is 24.3 Å². The second kappa shape index (κ2) is 5.35. The van der Waals surface area contributed by atoms with Gasteiger partial charge in [0.2, 0.25) is 5.60 Å². The van der Waals surface area contributed by atoms with Crippen LogP contribution in [-0.2, 0) is 4.79 Å². The van der Waals surface area contributed by atoms with Gasteiger partial charge in [0.25, 0.3) is 0 Å². The molecule has 4 heteroatoms. The molecule has 4 nitrogen and oxygen atoms in total. The maximum absolute atomic E-state index is 11.2. The molecule has 0 aliphatic carbocycles. The van der Waals surface area contributed by atoms with Crippen LogP contribution in [0, 0.1) is 11.3 Å². The lowest BCUT2D eigenvalue weighted by Gasteiger charge is -2.26. The van der Waals surface area contributed by atoms with Crippen molar-refractivity contribution < 1.29 is 14.6 Å². The number of hydrogen-bond donors (Lipinski definition) is 1. The lowest BCUT2D eigenvalue weighted by molar-refractivity contribution is -0.154. The molecular formula is C13H15NO3. The fourth-order valence-corrected chi connectivity index (χ4v) is 1.57. The Morgan fingerprint density at radius 2 is 2.18 bits per heavy atom. The summed E-state index contributed by atoms with van der Waals surface area (Å²) in [6.07, 6.45) is 1.08. The number of aliphatic carboxylic acids is 1. The van der Waals surface area contributed by atoms with Gasteiger partial charge >= 0.3 is 5.97 Å². The van der Waals surface area contributed by atoms with Crippen LogP contribution < -0.4 is 4.74 Å². The molecule has 90 valence electrons. The van der Waals surface area contributed by atoms with Crippen molar-refractivity contribution in [3.05, 3.63) is 29.8 Å². The monoisotopic (exact) mass is 233 g/mol. The van der Waals surface area contributed by atoms with E-state index in [0.717, 1.165) is 0 Å². The largest absolute Gasteiger partial charge is 0.478 e. The summed E-state index contributed by atoms with van der Waals surface area (Å²) in [5.41, 5.74) is -0.946. The van der Waals surface area contributed by atoms with E-state index in [0.29, 0.717) is 24.2 Å². The van der Waals surface area contributed by atoms with E-state index in [1.165, 1.54) is 6.92 Å². The van der Waals surface area contributed by atoms with Crippen LogP contribution in [0.4, 0.5) is 0 Å². The molecule has 0 saturated heterocycles. The zero-order valence-electron chi connectivity index (χ0n) is 9.93. The van der Waals surface area contributed by atoms with Gasteiger partial charge in [-0.25, -0.2) is 4.79 Å². The summed E-state index contributed by atoms with van der Waals surface area (Å²) >= 11 is 0. The van der Waals surface area contributed by atoms with Crippen LogP contribution in [0.3, 0.4) is 0 Å². The second-order valence-corrected chi connectivity index (χ2v) is 4.00. The van der Waals surface area contributed by atoms with Crippen LogP contribution in [0.1, 0.15) is 32.3 Å². The Kier molecular flexibility index (Phi) is 4.11. The highest BCUT2D eigenvalue weighted by atomic mass is 16.5. The Bertz CT molecular complexity index is 450. The highest BCUT2D eigenvalue weighted by Gasteiger charge is 2.35. The second-order valence-electron chi connectivity index (χ2n) is 4.00. The number of para-hydroxylation sites is 1. The number of carboxylic acid groups (broad SMARTS) is 1. The summed E-state index contributed by atoms with van der Waals surface area (Å²) in [6, 6.07) is 8.61. The molecule has 0 aliphatic heterocycles. The van der Waals surface area contributed by atoms with Crippen molar-refractivity contribution in [3.8, 4) is 11.8 Å². The third-order valence-electron chi connectivity index (χ3n) is 2.52. The van der Waals surface area contributed by atoms with Crippen LogP contribution in [-0.4, -0.2) is 16.7 Å². The maximum Gasteiger partial charge on any atom is 0.347 e. The van der Waals surface area contributed by atoms with Gasteiger partial charge in [0, 0.05) is 0 Å². The highest BCUT2D eigenvalue weighted by Crippen LogP contribution is 2.25. The van der Waals surface area contributed by atoms with Gasteiger partial charge in [-0.05, 0) is 25.5 Å². The number of ether oxygens (including phenoxy) is 1. The molecule has 1 aromatic rings. The molecule has 1 aromatic carbocycles. The predicted molar refractivity (Wildman–Crippen MR) is 62.7 cm³/mol. The third-order valence-corrected chi connectivity index (χ3v) is 2.52. The molecule has 0 spiro atoms. The van der Waals surface area contributed by atoms with Gasteiger partial charge in [-0.1, -0.05) is 25.5 Å². The minimum atomic E-state index is -1.29. The van der Waals surface area contributed by atoms with Gasteiger partial charge < -0.3 is 9.84 Å². The molecule has 0 bridgehead atoms. The number of nitriles is 1. The number of carbonyl (C=O) groups is 1. The van der Waals surface area contributed by atoms with Crippen molar-refractivity contribution in [3.63, 3.8) is 0 Å². The average molecular weight is 233 g/mol. The standard InChI is InChI=1S/C13H15NO3/c1-3-8-13(2,12(15)16)17-11-7-5-4-6-10(11)9-14/h4-7H,3,8H2,1-2H3,(H,15,16). The molecular weight excluding hydrogens is 218 g/mol. The van der Waals surface area contributed by atoms with E-state index in [4.69, 9.17) is 10.00 Å². The normalized spacial score (nSPS) is 13.5. The zero-order chi connectivity index (χ0) is 12.9. The van der Waals surface area contributed by atoms with Gasteiger partial charge in [-0.2, -0.15) is 5.26 Å². The van der Waals surface area contributed by atoms with Crippen molar-refractivity contribution >= 4 is 5.97 Å². The lowest BCUT2D eigenvalue weighted by atomic mass is 10.0. The maximum atomic E-state index is 11.2. The molecule has 0 saturated carbocycles. The van der Waals surface area contributed by atoms with Crippen LogP contribution in [0.2, 0.25) is 0 Å². The van der Waals surface area contributed by atoms with Crippen molar-refractivity contribution in [2.45, 2.75) is 32.3 Å². The number of carboxylic acids is 1. The minimum absolute atomic E-state index is 0.313. The molecule has 0 aliphatic rings. The molecule has 1 N–H and O–H groups in total. The molecule has 0 amide bonds. The van der Waals surface area contributed by atoms with Gasteiger partial charge in [-0.15, -0.1) is 0 Å². The Morgan fingerprint density at radius 1 is 1.53 bits per heavy atom. The van der Waals surface area contributed by atoms with Gasteiger partial charge in [0.1, 0.15) is 11.8 Å².